The fourth-order valence-electron chi connectivity index (χ4n) is 3.90. The van der Waals surface area contributed by atoms with Crippen molar-refractivity contribution < 1.29 is 42.5 Å². The van der Waals surface area contributed by atoms with Gasteiger partial charge in [-0.1, -0.05) is 12.1 Å². The maximum atomic E-state index is 13.4. The van der Waals surface area contributed by atoms with Crippen LogP contribution in [0.4, 0.5) is 0 Å². The molecule has 210 valence electrons. The highest BCUT2D eigenvalue weighted by atomic mass is 31.2. The average Bonchev–Trinajstić information content (AvgIpc) is 3.13. The number of carbonyl (C=O) groups is 5. The number of rotatable bonds is 16. The first-order valence-corrected chi connectivity index (χ1v) is 14.3. The van der Waals surface area contributed by atoms with Gasteiger partial charge in [0.15, 0.2) is 0 Å². The molecular formula is C25H36N3O9P. The first-order valence-electron chi connectivity index (χ1n) is 12.6. The Morgan fingerprint density at radius 1 is 0.974 bits per heavy atom. The van der Waals surface area contributed by atoms with Crippen LogP contribution in [0.3, 0.4) is 0 Å². The fourth-order valence-corrected chi connectivity index (χ4v) is 5.53. The number of fused-ring (bicyclic) bond motifs is 1. The number of hydrogen-bond acceptors (Lipinski definition) is 9. The second kappa shape index (κ2) is 14.8. The van der Waals surface area contributed by atoms with Crippen LogP contribution < -0.4 is 10.4 Å². The second-order valence-electron chi connectivity index (χ2n) is 8.57. The van der Waals surface area contributed by atoms with E-state index in [1.165, 1.54) is 18.9 Å². The van der Waals surface area contributed by atoms with Gasteiger partial charge in [0.1, 0.15) is 11.8 Å². The van der Waals surface area contributed by atoms with Gasteiger partial charge < -0.3 is 19.3 Å². The van der Waals surface area contributed by atoms with Crippen molar-refractivity contribution in [3.05, 3.63) is 35.4 Å². The molecule has 0 bridgehead atoms. The Hall–Kier alpha value is -3.08. The van der Waals surface area contributed by atoms with E-state index in [0.29, 0.717) is 24.0 Å². The molecule has 1 heterocycles. The van der Waals surface area contributed by atoms with Crippen LogP contribution in [0.2, 0.25) is 0 Å². The highest BCUT2D eigenvalue weighted by Crippen LogP contribution is 2.46. The number of benzene rings is 1. The Bertz CT molecular complexity index is 1040. The molecule has 0 saturated heterocycles. The lowest BCUT2D eigenvalue weighted by atomic mass is 10.1. The van der Waals surface area contributed by atoms with E-state index in [9.17, 15) is 28.5 Å². The van der Waals surface area contributed by atoms with Crippen molar-refractivity contribution in [2.24, 2.45) is 0 Å². The molecule has 38 heavy (non-hydrogen) atoms. The molecule has 0 aliphatic carbocycles. The predicted octanol–water partition coefficient (Wildman–Crippen LogP) is 2.62. The Morgan fingerprint density at radius 3 is 2.13 bits per heavy atom. The van der Waals surface area contributed by atoms with Crippen LogP contribution in [-0.2, 0) is 32.9 Å². The van der Waals surface area contributed by atoms with E-state index < -0.39 is 37.2 Å². The number of nitrogens with one attached hydrogen (secondary N) is 2. The van der Waals surface area contributed by atoms with Gasteiger partial charge in [-0.2, -0.15) is 0 Å². The summed E-state index contributed by atoms with van der Waals surface area (Å²) >= 11 is 0. The summed E-state index contributed by atoms with van der Waals surface area (Å²) in [5, 5.41) is 5.26. The zero-order valence-corrected chi connectivity index (χ0v) is 23.1. The molecule has 1 aromatic rings. The molecule has 13 heteroatoms. The second-order valence-corrected chi connectivity index (χ2v) is 11.2. The third-order valence-electron chi connectivity index (χ3n) is 5.91. The molecule has 1 aliphatic rings. The topological polar surface area (TPSA) is 157 Å². The van der Waals surface area contributed by atoms with Crippen LogP contribution in [0.25, 0.3) is 0 Å². The van der Waals surface area contributed by atoms with Gasteiger partial charge >= 0.3 is 11.9 Å². The molecule has 12 nitrogen and oxygen atoms in total. The van der Waals surface area contributed by atoms with E-state index in [2.05, 4.69) is 10.4 Å². The van der Waals surface area contributed by atoms with E-state index in [1.807, 2.05) is 0 Å². The molecular weight excluding hydrogens is 517 g/mol. The third kappa shape index (κ3) is 8.21. The molecule has 2 rings (SSSR count). The van der Waals surface area contributed by atoms with Crippen LogP contribution in [0, 0.1) is 0 Å². The molecule has 0 fully saturated rings. The van der Waals surface area contributed by atoms with Gasteiger partial charge in [0.05, 0.1) is 24.3 Å². The van der Waals surface area contributed by atoms with Crippen molar-refractivity contribution in [2.75, 3.05) is 26.9 Å². The minimum Gasteiger partial charge on any atom is -0.466 e. The number of amides is 3. The number of esters is 2. The summed E-state index contributed by atoms with van der Waals surface area (Å²) in [7, 11) is -2.61. The van der Waals surface area contributed by atoms with Crippen molar-refractivity contribution in [3.63, 3.8) is 0 Å². The van der Waals surface area contributed by atoms with E-state index in [1.54, 1.807) is 38.1 Å². The summed E-state index contributed by atoms with van der Waals surface area (Å²) in [4.78, 5) is 62.7. The van der Waals surface area contributed by atoms with Crippen molar-refractivity contribution in [1.29, 1.82) is 0 Å². The Kier molecular flexibility index (Phi) is 12.1. The monoisotopic (exact) mass is 553 g/mol. The number of carbonyl (C=O) groups excluding carboxylic acids is 5. The minimum atomic E-state index is -3.79. The average molecular weight is 554 g/mol. The maximum absolute atomic E-state index is 13.4. The molecule has 2 N–H and O–H groups in total. The molecule has 1 aromatic carbocycles. The number of ether oxygens (including phenoxy) is 2. The Balaban J connectivity index is 1.88. The summed E-state index contributed by atoms with van der Waals surface area (Å²) in [6, 6.07) is 5.49. The maximum Gasteiger partial charge on any atom is 0.323 e. The number of hydrogen-bond donors (Lipinski definition) is 2. The van der Waals surface area contributed by atoms with Gasteiger partial charge in [0.25, 0.3) is 19.3 Å². The van der Waals surface area contributed by atoms with Gasteiger partial charge in [-0.25, -0.2) is 5.09 Å². The van der Waals surface area contributed by atoms with Crippen molar-refractivity contribution in [1.82, 2.24) is 15.3 Å². The van der Waals surface area contributed by atoms with Gasteiger partial charge in [-0.15, -0.1) is 0 Å². The van der Waals surface area contributed by atoms with Gasteiger partial charge in [0.2, 0.25) is 5.91 Å². The molecule has 3 atom stereocenters. The highest BCUT2D eigenvalue weighted by molar-refractivity contribution is 7.57. The lowest BCUT2D eigenvalue weighted by Gasteiger charge is -2.28. The molecule has 3 amide bonds. The zero-order chi connectivity index (χ0) is 28.3. The van der Waals surface area contributed by atoms with Gasteiger partial charge in [-0.3, -0.25) is 33.4 Å². The first-order chi connectivity index (χ1) is 18.1. The molecule has 1 aliphatic heterocycles. The highest BCUT2D eigenvalue weighted by Gasteiger charge is 2.37. The van der Waals surface area contributed by atoms with Crippen LogP contribution >= 0.6 is 7.52 Å². The van der Waals surface area contributed by atoms with E-state index >= 15 is 0 Å². The number of nitrogens with zero attached hydrogens (tertiary/aromatic N) is 1. The lowest BCUT2D eigenvalue weighted by molar-refractivity contribution is -0.146. The first kappa shape index (κ1) is 31.1. The lowest BCUT2D eigenvalue weighted by Crippen LogP contribution is -2.43. The smallest absolute Gasteiger partial charge is 0.323 e. The minimum absolute atomic E-state index is 0.0382. The number of imide groups is 1. The summed E-state index contributed by atoms with van der Waals surface area (Å²) in [6.07, 6.45) is 0.695. The fraction of sp³-hybridized carbons (Fsp3) is 0.560. The van der Waals surface area contributed by atoms with Crippen LogP contribution in [0.1, 0.15) is 73.6 Å². The van der Waals surface area contributed by atoms with E-state index in [4.69, 9.17) is 14.0 Å². The van der Waals surface area contributed by atoms with Crippen molar-refractivity contribution in [3.8, 4) is 0 Å². The summed E-state index contributed by atoms with van der Waals surface area (Å²) in [5.74, 6) is -3.35. The quantitative estimate of drug-likeness (QED) is 0.135. The Labute approximate surface area is 222 Å². The molecule has 0 spiro atoms. The third-order valence-corrected chi connectivity index (χ3v) is 8.28. The van der Waals surface area contributed by atoms with E-state index in [-0.39, 0.29) is 50.8 Å². The summed E-state index contributed by atoms with van der Waals surface area (Å²) in [6.45, 7) is 5.20. The van der Waals surface area contributed by atoms with Gasteiger partial charge in [-0.05, 0) is 52.2 Å². The SMILES string of the molecule is CCOC(=O)CC[C@H](N[P@](=O)(OC)[C@@H](C)NC(=O)CCCCN1C(=O)c2ccccc2C1=O)C(=O)OCC. The predicted molar refractivity (Wildman–Crippen MR) is 137 cm³/mol. The van der Waals surface area contributed by atoms with Crippen LogP contribution in [0.15, 0.2) is 24.3 Å². The molecule has 0 unspecified atom stereocenters. The van der Waals surface area contributed by atoms with Crippen LogP contribution in [-0.4, -0.2) is 73.3 Å². The van der Waals surface area contributed by atoms with Crippen molar-refractivity contribution >= 4 is 37.2 Å². The molecule has 0 radical (unpaired) electrons. The summed E-state index contributed by atoms with van der Waals surface area (Å²) in [5.41, 5.74) is 0.741. The molecule has 0 aromatic heterocycles. The number of unbranched alkanes of at least 4 members (excludes halogenated alkanes) is 1. The standard InChI is InChI=1S/C25H36N3O9P/c1-5-36-22(30)15-14-20(25(33)37-6-2)27-38(34,35-4)17(3)26-21(29)13-9-10-16-28-23(31)18-11-7-8-12-19(18)24(28)32/h7-8,11-12,17,20H,5-6,9-10,13-16H2,1-4H3,(H,26,29)(H,27,34)/t17-,20-,38+/m0/s1. The van der Waals surface area contributed by atoms with Crippen LogP contribution in [0.5, 0.6) is 0 Å². The Morgan fingerprint density at radius 2 is 1.58 bits per heavy atom. The summed E-state index contributed by atoms with van der Waals surface area (Å²) < 4.78 is 28.5. The van der Waals surface area contributed by atoms with Gasteiger partial charge in [0, 0.05) is 26.5 Å². The van der Waals surface area contributed by atoms with E-state index in [0.717, 1.165) is 0 Å². The zero-order valence-electron chi connectivity index (χ0n) is 22.2. The molecule has 0 saturated carbocycles. The van der Waals surface area contributed by atoms with Crippen molar-refractivity contribution in [2.45, 2.75) is 64.7 Å². The normalized spacial score (nSPS) is 15.8. The largest absolute Gasteiger partial charge is 0.466 e.